The molecule has 19 heavy (non-hydrogen) atoms. The number of pyridine rings is 1. The van der Waals surface area contributed by atoms with Gasteiger partial charge in [0.1, 0.15) is 5.03 Å². The monoisotopic (exact) mass is 341 g/mol. The Morgan fingerprint density at radius 2 is 2.21 bits per heavy atom. The molecule has 2 heterocycles. The Morgan fingerprint density at radius 3 is 2.95 bits per heavy atom. The summed E-state index contributed by atoms with van der Waals surface area (Å²) in [4.78, 5) is 16.4. The highest BCUT2D eigenvalue weighted by molar-refractivity contribution is 9.10. The van der Waals surface area contributed by atoms with Gasteiger partial charge in [-0.2, -0.15) is 15.0 Å². The van der Waals surface area contributed by atoms with Crippen LogP contribution < -0.4 is 10.5 Å². The highest BCUT2D eigenvalue weighted by Crippen LogP contribution is 2.29. The number of nitrogens with two attached hydrogens (primary N) is 1. The number of hydrogen-bond acceptors (Lipinski definition) is 7. The Kier molecular flexibility index (Phi) is 4.92. The van der Waals surface area contributed by atoms with Crippen molar-refractivity contribution in [2.24, 2.45) is 0 Å². The summed E-state index contributed by atoms with van der Waals surface area (Å²) in [6, 6.07) is 3.98. The molecule has 0 radical (unpaired) electrons. The van der Waals surface area contributed by atoms with E-state index in [2.05, 4.69) is 35.9 Å². The fourth-order valence-electron chi connectivity index (χ4n) is 1.19. The zero-order chi connectivity index (χ0) is 13.7. The first-order valence-electron chi connectivity index (χ1n) is 5.61. The number of ether oxygens (including phenoxy) is 1. The number of anilines is 1. The second-order valence-corrected chi connectivity index (χ2v) is 5.31. The third-order valence-corrected chi connectivity index (χ3v) is 3.75. The third-order valence-electron chi connectivity index (χ3n) is 1.96. The van der Waals surface area contributed by atoms with Crippen molar-refractivity contribution in [3.63, 3.8) is 0 Å². The first kappa shape index (κ1) is 14.0. The Hall–Kier alpha value is -1.41. The van der Waals surface area contributed by atoms with Crippen LogP contribution in [0.15, 0.2) is 33.0 Å². The van der Waals surface area contributed by atoms with Crippen molar-refractivity contribution in [3.05, 3.63) is 22.8 Å². The largest absolute Gasteiger partial charge is 0.463 e. The van der Waals surface area contributed by atoms with Crippen molar-refractivity contribution >= 4 is 33.6 Å². The van der Waals surface area contributed by atoms with E-state index >= 15 is 0 Å². The van der Waals surface area contributed by atoms with Crippen molar-refractivity contribution < 1.29 is 4.74 Å². The van der Waals surface area contributed by atoms with Gasteiger partial charge in [-0.05, 0) is 46.2 Å². The van der Waals surface area contributed by atoms with Gasteiger partial charge >= 0.3 is 6.01 Å². The standard InChI is InChI=1S/C11H12BrN5OS/c1-2-6-18-10-15-9(13)16-11(17-10)19-8-7(12)4-3-5-14-8/h3-5H,2,6H2,1H3,(H2,13,15,16,17). The van der Waals surface area contributed by atoms with E-state index in [1.54, 1.807) is 6.20 Å². The Balaban J connectivity index is 2.20. The molecule has 2 rings (SSSR count). The number of hydrogen-bond donors (Lipinski definition) is 1. The summed E-state index contributed by atoms with van der Waals surface area (Å²) in [7, 11) is 0. The molecule has 0 atom stereocenters. The summed E-state index contributed by atoms with van der Waals surface area (Å²) in [5, 5.41) is 1.22. The van der Waals surface area contributed by atoms with E-state index in [0.717, 1.165) is 15.9 Å². The van der Waals surface area contributed by atoms with Gasteiger partial charge in [0.05, 0.1) is 11.1 Å². The lowest BCUT2D eigenvalue weighted by Gasteiger charge is -2.05. The average Bonchev–Trinajstić information content (AvgIpc) is 2.38. The van der Waals surface area contributed by atoms with Crippen molar-refractivity contribution in [1.29, 1.82) is 0 Å². The molecule has 0 unspecified atom stereocenters. The Bertz CT molecular complexity index is 569. The highest BCUT2D eigenvalue weighted by atomic mass is 79.9. The molecule has 0 fully saturated rings. The van der Waals surface area contributed by atoms with Crippen molar-refractivity contribution in [3.8, 4) is 6.01 Å². The van der Waals surface area contributed by atoms with Crippen LogP contribution in [0.1, 0.15) is 13.3 Å². The average molecular weight is 342 g/mol. The highest BCUT2D eigenvalue weighted by Gasteiger charge is 2.10. The van der Waals surface area contributed by atoms with E-state index in [1.807, 2.05) is 19.1 Å². The maximum Gasteiger partial charge on any atom is 0.322 e. The van der Waals surface area contributed by atoms with Crippen LogP contribution in [0.2, 0.25) is 0 Å². The Morgan fingerprint density at radius 1 is 1.37 bits per heavy atom. The lowest BCUT2D eigenvalue weighted by Crippen LogP contribution is -2.05. The predicted octanol–water partition coefficient (Wildman–Crippen LogP) is 2.55. The molecule has 2 N–H and O–H groups in total. The van der Waals surface area contributed by atoms with Gasteiger partial charge in [0.15, 0.2) is 0 Å². The van der Waals surface area contributed by atoms with Crippen LogP contribution >= 0.6 is 27.7 Å². The number of nitrogen functional groups attached to an aromatic ring is 1. The molecule has 0 amide bonds. The van der Waals surface area contributed by atoms with E-state index in [0.29, 0.717) is 11.8 Å². The fourth-order valence-corrected chi connectivity index (χ4v) is 2.40. The van der Waals surface area contributed by atoms with E-state index in [9.17, 15) is 0 Å². The minimum Gasteiger partial charge on any atom is -0.463 e. The quantitative estimate of drug-likeness (QED) is 0.893. The lowest BCUT2D eigenvalue weighted by molar-refractivity contribution is 0.288. The second-order valence-electron chi connectivity index (χ2n) is 3.50. The number of halogens is 1. The topological polar surface area (TPSA) is 86.8 Å². The third kappa shape index (κ3) is 4.03. The Labute approximate surface area is 123 Å². The van der Waals surface area contributed by atoms with Gasteiger partial charge in [0.25, 0.3) is 0 Å². The minimum absolute atomic E-state index is 0.135. The van der Waals surface area contributed by atoms with Gasteiger partial charge in [-0.15, -0.1) is 0 Å². The van der Waals surface area contributed by atoms with E-state index in [-0.39, 0.29) is 12.0 Å². The molecule has 8 heteroatoms. The van der Waals surface area contributed by atoms with Crippen molar-refractivity contribution in [2.75, 3.05) is 12.3 Å². The van der Waals surface area contributed by atoms with Crippen LogP contribution in [0.3, 0.4) is 0 Å². The molecule has 0 aromatic carbocycles. The van der Waals surface area contributed by atoms with E-state index < -0.39 is 0 Å². The maximum absolute atomic E-state index is 5.64. The molecular weight excluding hydrogens is 330 g/mol. The first-order valence-corrected chi connectivity index (χ1v) is 7.22. The molecule has 2 aromatic rings. The van der Waals surface area contributed by atoms with Gasteiger partial charge in [-0.1, -0.05) is 6.92 Å². The molecule has 0 saturated carbocycles. The summed E-state index contributed by atoms with van der Waals surface area (Å²) >= 11 is 4.71. The summed E-state index contributed by atoms with van der Waals surface area (Å²) in [5.41, 5.74) is 5.64. The number of rotatable bonds is 5. The summed E-state index contributed by atoms with van der Waals surface area (Å²) in [6.07, 6.45) is 2.58. The van der Waals surface area contributed by atoms with Crippen molar-refractivity contribution in [1.82, 2.24) is 19.9 Å². The SMILES string of the molecule is CCCOc1nc(N)nc(Sc2ncccc2Br)n1. The molecule has 0 aliphatic rings. The van der Waals surface area contributed by atoms with Gasteiger partial charge in [-0.3, -0.25) is 0 Å². The van der Waals surface area contributed by atoms with Crippen LogP contribution in [-0.2, 0) is 0 Å². The molecule has 0 aliphatic heterocycles. The smallest absolute Gasteiger partial charge is 0.322 e. The van der Waals surface area contributed by atoms with Crippen LogP contribution in [-0.4, -0.2) is 26.5 Å². The minimum atomic E-state index is 0.135. The molecule has 0 aliphatic carbocycles. The zero-order valence-electron chi connectivity index (χ0n) is 10.2. The maximum atomic E-state index is 5.64. The lowest BCUT2D eigenvalue weighted by atomic mass is 10.5. The summed E-state index contributed by atoms with van der Waals surface area (Å²) in [5.74, 6) is 0.135. The van der Waals surface area contributed by atoms with Crippen LogP contribution in [0.25, 0.3) is 0 Å². The van der Waals surface area contributed by atoms with Gasteiger partial charge in [0.2, 0.25) is 11.1 Å². The molecule has 0 saturated heterocycles. The zero-order valence-corrected chi connectivity index (χ0v) is 12.6. The van der Waals surface area contributed by atoms with Gasteiger partial charge in [0, 0.05) is 6.20 Å². The normalized spacial score (nSPS) is 10.4. The second kappa shape index (κ2) is 6.67. The number of nitrogens with zero attached hydrogens (tertiary/aromatic N) is 4. The first-order chi connectivity index (χ1) is 9.19. The molecule has 0 bridgehead atoms. The van der Waals surface area contributed by atoms with Crippen LogP contribution in [0.5, 0.6) is 6.01 Å². The molecule has 0 spiro atoms. The van der Waals surface area contributed by atoms with E-state index in [4.69, 9.17) is 10.5 Å². The van der Waals surface area contributed by atoms with Crippen LogP contribution in [0.4, 0.5) is 5.95 Å². The van der Waals surface area contributed by atoms with Gasteiger partial charge < -0.3 is 10.5 Å². The molecule has 6 nitrogen and oxygen atoms in total. The predicted molar refractivity (Wildman–Crippen MR) is 76.1 cm³/mol. The fraction of sp³-hybridized carbons (Fsp3) is 0.273. The van der Waals surface area contributed by atoms with Gasteiger partial charge in [-0.25, -0.2) is 4.98 Å². The molecule has 100 valence electrons. The molecule has 2 aromatic heterocycles. The van der Waals surface area contributed by atoms with Crippen molar-refractivity contribution in [2.45, 2.75) is 23.5 Å². The summed E-state index contributed by atoms with van der Waals surface area (Å²) in [6.45, 7) is 2.55. The van der Waals surface area contributed by atoms with E-state index in [1.165, 1.54) is 11.8 Å². The molecular formula is C11H12BrN5OS. The van der Waals surface area contributed by atoms with Crippen LogP contribution in [0, 0.1) is 0 Å². The number of aromatic nitrogens is 4. The summed E-state index contributed by atoms with van der Waals surface area (Å²) < 4.78 is 6.23.